The highest BCUT2D eigenvalue weighted by Crippen LogP contribution is 2.44. The minimum absolute atomic E-state index is 0.00764. The van der Waals surface area contributed by atoms with Crippen molar-refractivity contribution in [3.63, 3.8) is 0 Å². The minimum atomic E-state index is -0.962. The van der Waals surface area contributed by atoms with Crippen LogP contribution in [0.1, 0.15) is 36.8 Å². The lowest BCUT2D eigenvalue weighted by molar-refractivity contribution is -0.137. The van der Waals surface area contributed by atoms with Crippen molar-refractivity contribution in [3.05, 3.63) is 59.7 Å². The molecule has 1 unspecified atom stereocenters. The van der Waals surface area contributed by atoms with E-state index in [0.717, 1.165) is 11.1 Å². The Balaban J connectivity index is 1.23. The second-order valence-corrected chi connectivity index (χ2v) is 8.60. The van der Waals surface area contributed by atoms with Crippen molar-refractivity contribution in [1.82, 2.24) is 10.6 Å². The zero-order chi connectivity index (χ0) is 23.4. The van der Waals surface area contributed by atoms with Gasteiger partial charge in [-0.05, 0) is 35.6 Å². The Morgan fingerprint density at radius 2 is 1.73 bits per heavy atom. The van der Waals surface area contributed by atoms with Crippen LogP contribution < -0.4 is 10.6 Å². The number of nitrogens with one attached hydrogen (secondary N) is 2. The summed E-state index contributed by atoms with van der Waals surface area (Å²) in [6.07, 6.45) is -0.499. The fraction of sp³-hybridized carbons (Fsp3) is 0.400. The number of aliphatic carboxylic acids is 1. The van der Waals surface area contributed by atoms with Crippen LogP contribution in [-0.2, 0) is 19.1 Å². The summed E-state index contributed by atoms with van der Waals surface area (Å²) in [6, 6.07) is 15.8. The molecule has 2 aromatic rings. The molecule has 2 amide bonds. The monoisotopic (exact) mass is 452 g/mol. The number of carbonyl (C=O) groups excluding carboxylic acids is 2. The fourth-order valence-electron chi connectivity index (χ4n) is 4.55. The third-order valence-electron chi connectivity index (χ3n) is 6.14. The van der Waals surface area contributed by atoms with Crippen molar-refractivity contribution in [3.8, 4) is 11.1 Å². The molecule has 0 aromatic heterocycles. The number of amides is 2. The lowest BCUT2D eigenvalue weighted by atomic mass is 9.98. The Morgan fingerprint density at radius 3 is 2.36 bits per heavy atom. The van der Waals surface area contributed by atoms with Crippen LogP contribution in [0.5, 0.6) is 0 Å². The quantitative estimate of drug-likeness (QED) is 0.568. The molecule has 0 saturated carbocycles. The molecule has 4 rings (SSSR count). The normalized spacial score (nSPS) is 19.9. The van der Waals surface area contributed by atoms with Gasteiger partial charge in [0.15, 0.2) is 0 Å². The van der Waals surface area contributed by atoms with Gasteiger partial charge in [0.1, 0.15) is 6.61 Å². The zero-order valence-electron chi connectivity index (χ0n) is 18.5. The predicted octanol–water partition coefficient (Wildman–Crippen LogP) is 2.91. The first kappa shape index (κ1) is 22.8. The van der Waals surface area contributed by atoms with Gasteiger partial charge in [0.25, 0.3) is 0 Å². The smallest absolute Gasteiger partial charge is 0.407 e. The minimum Gasteiger partial charge on any atom is -0.481 e. The van der Waals surface area contributed by atoms with E-state index in [9.17, 15) is 14.4 Å². The molecule has 1 aliphatic carbocycles. The summed E-state index contributed by atoms with van der Waals surface area (Å²) in [6.45, 7) is 2.36. The van der Waals surface area contributed by atoms with Crippen LogP contribution in [0.25, 0.3) is 11.1 Å². The molecule has 0 radical (unpaired) electrons. The van der Waals surface area contributed by atoms with Crippen molar-refractivity contribution < 1.29 is 29.0 Å². The summed E-state index contributed by atoms with van der Waals surface area (Å²) in [5.74, 6) is -1.56. The molecule has 0 spiro atoms. The average Bonchev–Trinajstić information content (AvgIpc) is 3.39. The van der Waals surface area contributed by atoms with Gasteiger partial charge in [0.2, 0.25) is 5.91 Å². The van der Waals surface area contributed by atoms with E-state index in [0.29, 0.717) is 6.42 Å². The summed E-state index contributed by atoms with van der Waals surface area (Å²) in [4.78, 5) is 35.3. The summed E-state index contributed by atoms with van der Waals surface area (Å²) in [5, 5.41) is 14.2. The van der Waals surface area contributed by atoms with Crippen molar-refractivity contribution in [1.29, 1.82) is 0 Å². The first-order valence-electron chi connectivity index (χ1n) is 11.1. The third kappa shape index (κ3) is 5.34. The van der Waals surface area contributed by atoms with E-state index in [2.05, 4.69) is 34.9 Å². The summed E-state index contributed by atoms with van der Waals surface area (Å²) in [5.41, 5.74) is 4.64. The van der Waals surface area contributed by atoms with Crippen LogP contribution in [-0.4, -0.2) is 55.0 Å². The zero-order valence-corrected chi connectivity index (χ0v) is 18.5. The Labute approximate surface area is 192 Å². The second kappa shape index (κ2) is 10.0. The van der Waals surface area contributed by atoms with E-state index < -0.39 is 18.1 Å². The van der Waals surface area contributed by atoms with Crippen LogP contribution in [0.3, 0.4) is 0 Å². The largest absolute Gasteiger partial charge is 0.481 e. The number of carbonyl (C=O) groups is 3. The van der Waals surface area contributed by atoms with Gasteiger partial charge in [-0.1, -0.05) is 48.5 Å². The number of rotatable bonds is 8. The first-order valence-corrected chi connectivity index (χ1v) is 11.1. The molecular weight excluding hydrogens is 424 g/mol. The fourth-order valence-corrected chi connectivity index (χ4v) is 4.55. The molecule has 3 atom stereocenters. The standard InChI is InChI=1S/C25H28N2O6/c1-15(10-23(28)29)27-24(30)16-11-17(32-13-16)12-26-25(31)33-14-22-20-8-4-2-6-18(20)19-7-3-5-9-21(19)22/h2-9,15-17,22H,10-14H2,1H3,(H,26,31)(H,27,30)(H,28,29)/t15?,16-,17-/m0/s1. The summed E-state index contributed by atoms with van der Waals surface area (Å²) < 4.78 is 11.1. The second-order valence-electron chi connectivity index (χ2n) is 8.60. The molecule has 1 heterocycles. The number of hydrogen-bond acceptors (Lipinski definition) is 5. The molecule has 174 valence electrons. The number of fused-ring (bicyclic) bond motifs is 3. The number of carboxylic acid groups (broad SMARTS) is 1. The van der Waals surface area contributed by atoms with Gasteiger partial charge in [-0.3, -0.25) is 9.59 Å². The third-order valence-corrected chi connectivity index (χ3v) is 6.14. The van der Waals surface area contributed by atoms with E-state index >= 15 is 0 Å². The van der Waals surface area contributed by atoms with Gasteiger partial charge in [-0.15, -0.1) is 0 Å². The maximum absolute atomic E-state index is 12.3. The van der Waals surface area contributed by atoms with Gasteiger partial charge < -0.3 is 25.2 Å². The van der Waals surface area contributed by atoms with Crippen LogP contribution in [0, 0.1) is 5.92 Å². The highest BCUT2D eigenvalue weighted by atomic mass is 16.5. The average molecular weight is 453 g/mol. The first-order chi connectivity index (χ1) is 15.9. The molecule has 8 nitrogen and oxygen atoms in total. The van der Waals surface area contributed by atoms with E-state index in [-0.39, 0.29) is 50.0 Å². The molecule has 1 saturated heterocycles. The van der Waals surface area contributed by atoms with Crippen LogP contribution in [0.15, 0.2) is 48.5 Å². The Hall–Kier alpha value is -3.39. The number of carboxylic acids is 1. The van der Waals surface area contributed by atoms with Crippen molar-refractivity contribution in [2.75, 3.05) is 19.8 Å². The SMILES string of the molecule is CC(CC(=O)O)NC(=O)[C@@H]1CO[C@H](CNC(=O)OCC2c3ccccc3-c3ccccc32)C1. The number of alkyl carbamates (subject to hydrolysis) is 1. The highest BCUT2D eigenvalue weighted by Gasteiger charge is 2.32. The molecule has 33 heavy (non-hydrogen) atoms. The van der Waals surface area contributed by atoms with Gasteiger partial charge in [-0.2, -0.15) is 0 Å². The number of hydrogen-bond donors (Lipinski definition) is 3. The number of ether oxygens (including phenoxy) is 2. The van der Waals surface area contributed by atoms with Crippen LogP contribution in [0.2, 0.25) is 0 Å². The van der Waals surface area contributed by atoms with E-state index in [4.69, 9.17) is 14.6 Å². The highest BCUT2D eigenvalue weighted by molar-refractivity contribution is 5.80. The van der Waals surface area contributed by atoms with Gasteiger partial charge in [0.05, 0.1) is 25.0 Å². The summed E-state index contributed by atoms with van der Waals surface area (Å²) >= 11 is 0. The molecule has 8 heteroatoms. The van der Waals surface area contributed by atoms with Crippen molar-refractivity contribution in [2.24, 2.45) is 5.92 Å². The predicted molar refractivity (Wildman–Crippen MR) is 121 cm³/mol. The molecule has 2 aliphatic rings. The van der Waals surface area contributed by atoms with E-state index in [1.54, 1.807) is 6.92 Å². The molecule has 1 fully saturated rings. The molecule has 2 aromatic carbocycles. The van der Waals surface area contributed by atoms with Crippen molar-refractivity contribution in [2.45, 2.75) is 37.8 Å². The van der Waals surface area contributed by atoms with Gasteiger partial charge in [0, 0.05) is 18.5 Å². The van der Waals surface area contributed by atoms with E-state index in [1.165, 1.54) is 11.1 Å². The molecular formula is C25H28N2O6. The van der Waals surface area contributed by atoms with Gasteiger partial charge in [-0.25, -0.2) is 4.79 Å². The molecule has 1 aliphatic heterocycles. The molecule has 3 N–H and O–H groups in total. The maximum atomic E-state index is 12.3. The molecule has 0 bridgehead atoms. The Morgan fingerprint density at radius 1 is 1.09 bits per heavy atom. The lowest BCUT2D eigenvalue weighted by Gasteiger charge is -2.16. The number of benzene rings is 2. The Bertz CT molecular complexity index is 994. The topological polar surface area (TPSA) is 114 Å². The van der Waals surface area contributed by atoms with E-state index in [1.807, 2.05) is 24.3 Å². The maximum Gasteiger partial charge on any atom is 0.407 e. The Kier molecular flexibility index (Phi) is 6.93. The summed E-state index contributed by atoms with van der Waals surface area (Å²) in [7, 11) is 0. The lowest BCUT2D eigenvalue weighted by Crippen LogP contribution is -2.39. The van der Waals surface area contributed by atoms with Gasteiger partial charge >= 0.3 is 12.1 Å². The van der Waals surface area contributed by atoms with Crippen LogP contribution in [0.4, 0.5) is 4.79 Å². The van der Waals surface area contributed by atoms with Crippen LogP contribution >= 0.6 is 0 Å². The van der Waals surface area contributed by atoms with Crippen molar-refractivity contribution >= 4 is 18.0 Å².